The molecule has 0 spiro atoms. The van der Waals surface area contributed by atoms with Gasteiger partial charge >= 0.3 is 0 Å². The van der Waals surface area contributed by atoms with Crippen LogP contribution in [0.1, 0.15) is 39.5 Å². The van der Waals surface area contributed by atoms with Crippen LogP contribution in [0.4, 0.5) is 5.69 Å². The summed E-state index contributed by atoms with van der Waals surface area (Å²) in [5.74, 6) is -1.23. The molecule has 0 aliphatic carbocycles. The van der Waals surface area contributed by atoms with Crippen molar-refractivity contribution in [1.29, 1.82) is 0 Å². The predicted octanol–water partition coefficient (Wildman–Crippen LogP) is 0.379. The second-order valence-electron chi connectivity index (χ2n) is 8.55. The first-order valence-corrected chi connectivity index (χ1v) is 10.8. The van der Waals surface area contributed by atoms with Gasteiger partial charge in [-0.25, -0.2) is 0 Å². The maximum atomic E-state index is 12.9. The number of hydrogen-bond donors (Lipinski definition) is 4. The number of nitrogens with zero attached hydrogens (tertiary/aromatic N) is 1. The second-order valence-corrected chi connectivity index (χ2v) is 8.55. The lowest BCUT2D eigenvalue weighted by molar-refractivity contribution is -0.141. The molecule has 1 aromatic rings. The molecule has 0 bridgehead atoms. The van der Waals surface area contributed by atoms with Crippen LogP contribution in [0.25, 0.3) is 0 Å². The van der Waals surface area contributed by atoms with Crippen molar-refractivity contribution in [3.63, 3.8) is 0 Å². The number of amides is 4. The van der Waals surface area contributed by atoms with E-state index in [1.165, 1.54) is 0 Å². The monoisotopic (exact) mass is 429 g/mol. The number of para-hydroxylation sites is 1. The zero-order chi connectivity index (χ0) is 22.4. The highest BCUT2D eigenvalue weighted by Crippen LogP contribution is 2.21. The van der Waals surface area contributed by atoms with E-state index in [0.717, 1.165) is 25.8 Å². The standard InChI is InChI=1S/C22H31N5O4/c1-22(2,21(31)24-14-18(28)25-15-8-4-3-5-9-15)26-19(29)17-11-7-13-27(17)20(30)16-10-6-12-23-16/h3-5,8-9,16-17,23H,6-7,10-14H2,1-2H3,(H,24,31)(H,25,28)(H,26,29)/t16-,17+/m0/s1. The van der Waals surface area contributed by atoms with E-state index in [2.05, 4.69) is 21.3 Å². The lowest BCUT2D eigenvalue weighted by Crippen LogP contribution is -2.60. The molecule has 168 valence electrons. The third kappa shape index (κ3) is 5.81. The van der Waals surface area contributed by atoms with Crippen molar-refractivity contribution >= 4 is 29.3 Å². The van der Waals surface area contributed by atoms with Crippen LogP contribution in [0.3, 0.4) is 0 Å². The van der Waals surface area contributed by atoms with Crippen molar-refractivity contribution in [3.8, 4) is 0 Å². The van der Waals surface area contributed by atoms with E-state index in [1.807, 2.05) is 6.07 Å². The molecule has 2 heterocycles. The van der Waals surface area contributed by atoms with Crippen LogP contribution in [0, 0.1) is 0 Å². The van der Waals surface area contributed by atoms with Crippen LogP contribution < -0.4 is 21.3 Å². The van der Waals surface area contributed by atoms with Gasteiger partial charge in [-0.3, -0.25) is 19.2 Å². The minimum atomic E-state index is -1.23. The summed E-state index contributed by atoms with van der Waals surface area (Å²) in [6, 6.07) is 8.13. The van der Waals surface area contributed by atoms with Gasteiger partial charge in [-0.1, -0.05) is 18.2 Å². The van der Waals surface area contributed by atoms with E-state index in [4.69, 9.17) is 0 Å². The first-order chi connectivity index (χ1) is 14.8. The number of nitrogens with one attached hydrogen (secondary N) is 4. The van der Waals surface area contributed by atoms with Gasteiger partial charge in [0.2, 0.25) is 23.6 Å². The number of carbonyl (C=O) groups is 4. The highest BCUT2D eigenvalue weighted by molar-refractivity contribution is 5.98. The SMILES string of the molecule is CC(C)(NC(=O)[C@H]1CCCN1C(=O)[C@@H]1CCCN1)C(=O)NCC(=O)Nc1ccccc1. The molecule has 3 rings (SSSR count). The van der Waals surface area contributed by atoms with Gasteiger partial charge < -0.3 is 26.2 Å². The van der Waals surface area contributed by atoms with Gasteiger partial charge in [0, 0.05) is 12.2 Å². The Morgan fingerprint density at radius 3 is 2.52 bits per heavy atom. The smallest absolute Gasteiger partial charge is 0.245 e. The Bertz CT molecular complexity index is 820. The Kier molecular flexibility index (Phi) is 7.27. The largest absolute Gasteiger partial charge is 0.345 e. The van der Waals surface area contributed by atoms with E-state index in [-0.39, 0.29) is 30.3 Å². The summed E-state index contributed by atoms with van der Waals surface area (Å²) in [5, 5.41) is 11.2. The van der Waals surface area contributed by atoms with Gasteiger partial charge in [-0.05, 0) is 58.2 Å². The van der Waals surface area contributed by atoms with Crippen LogP contribution >= 0.6 is 0 Å². The fourth-order valence-electron chi connectivity index (χ4n) is 3.95. The molecule has 4 amide bonds. The molecule has 2 fully saturated rings. The minimum absolute atomic E-state index is 0.0463. The third-order valence-electron chi connectivity index (χ3n) is 5.67. The van der Waals surface area contributed by atoms with E-state index in [1.54, 1.807) is 43.0 Å². The molecule has 0 aromatic heterocycles. The van der Waals surface area contributed by atoms with Gasteiger partial charge in [0.05, 0.1) is 12.6 Å². The Morgan fingerprint density at radius 1 is 1.10 bits per heavy atom. The Labute approximate surface area is 182 Å². The predicted molar refractivity (Wildman–Crippen MR) is 116 cm³/mol. The number of anilines is 1. The van der Waals surface area contributed by atoms with Crippen LogP contribution in [0.2, 0.25) is 0 Å². The molecule has 2 saturated heterocycles. The van der Waals surface area contributed by atoms with Crippen molar-refractivity contribution in [2.75, 3.05) is 25.0 Å². The first kappa shape index (κ1) is 22.7. The summed E-state index contributed by atoms with van der Waals surface area (Å²) >= 11 is 0. The average molecular weight is 430 g/mol. The van der Waals surface area contributed by atoms with E-state index < -0.39 is 17.5 Å². The average Bonchev–Trinajstić information content (AvgIpc) is 3.44. The van der Waals surface area contributed by atoms with Crippen molar-refractivity contribution in [2.45, 2.75) is 57.2 Å². The number of rotatable bonds is 7. The summed E-state index contributed by atoms with van der Waals surface area (Å²) in [6.07, 6.45) is 3.05. The van der Waals surface area contributed by atoms with Crippen molar-refractivity contribution in [3.05, 3.63) is 30.3 Å². The second kappa shape index (κ2) is 9.91. The summed E-state index contributed by atoms with van der Waals surface area (Å²) in [5.41, 5.74) is -0.593. The molecule has 9 heteroatoms. The zero-order valence-corrected chi connectivity index (χ0v) is 18.1. The maximum absolute atomic E-state index is 12.9. The fraction of sp³-hybridized carbons (Fsp3) is 0.545. The molecule has 1 aromatic carbocycles. The molecule has 9 nitrogen and oxygen atoms in total. The number of likely N-dealkylation sites (tertiary alicyclic amines) is 1. The van der Waals surface area contributed by atoms with Crippen LogP contribution in [-0.4, -0.2) is 65.8 Å². The Balaban J connectivity index is 1.51. The van der Waals surface area contributed by atoms with Gasteiger partial charge in [0.15, 0.2) is 0 Å². The summed E-state index contributed by atoms with van der Waals surface area (Å²) in [4.78, 5) is 51.9. The van der Waals surface area contributed by atoms with Gasteiger partial charge in [0.1, 0.15) is 11.6 Å². The van der Waals surface area contributed by atoms with Crippen LogP contribution in [0.15, 0.2) is 30.3 Å². The lowest BCUT2D eigenvalue weighted by atomic mass is 10.0. The summed E-state index contributed by atoms with van der Waals surface area (Å²) in [6.45, 7) is 4.30. The van der Waals surface area contributed by atoms with Crippen molar-refractivity contribution in [1.82, 2.24) is 20.9 Å². The number of carbonyl (C=O) groups excluding carboxylic acids is 4. The molecular formula is C22H31N5O4. The minimum Gasteiger partial charge on any atom is -0.345 e. The molecule has 31 heavy (non-hydrogen) atoms. The topological polar surface area (TPSA) is 120 Å². The van der Waals surface area contributed by atoms with Crippen molar-refractivity contribution < 1.29 is 19.2 Å². The molecule has 2 atom stereocenters. The fourth-order valence-corrected chi connectivity index (χ4v) is 3.95. The van der Waals surface area contributed by atoms with E-state index >= 15 is 0 Å². The molecule has 0 saturated carbocycles. The molecule has 2 aliphatic heterocycles. The van der Waals surface area contributed by atoms with Crippen LogP contribution in [-0.2, 0) is 19.2 Å². The zero-order valence-electron chi connectivity index (χ0n) is 18.1. The Morgan fingerprint density at radius 2 is 1.84 bits per heavy atom. The van der Waals surface area contributed by atoms with Gasteiger partial charge in [-0.2, -0.15) is 0 Å². The summed E-state index contributed by atoms with van der Waals surface area (Å²) < 4.78 is 0. The van der Waals surface area contributed by atoms with Crippen LogP contribution in [0.5, 0.6) is 0 Å². The normalized spacial score (nSPS) is 20.9. The van der Waals surface area contributed by atoms with Crippen molar-refractivity contribution in [2.24, 2.45) is 0 Å². The summed E-state index contributed by atoms with van der Waals surface area (Å²) in [7, 11) is 0. The highest BCUT2D eigenvalue weighted by Gasteiger charge is 2.40. The number of benzene rings is 1. The van der Waals surface area contributed by atoms with Gasteiger partial charge in [0.25, 0.3) is 0 Å². The maximum Gasteiger partial charge on any atom is 0.245 e. The van der Waals surface area contributed by atoms with E-state index in [0.29, 0.717) is 18.7 Å². The first-order valence-electron chi connectivity index (χ1n) is 10.8. The Hall–Kier alpha value is -2.94. The number of hydrogen-bond acceptors (Lipinski definition) is 5. The molecule has 2 aliphatic rings. The third-order valence-corrected chi connectivity index (χ3v) is 5.67. The lowest BCUT2D eigenvalue weighted by Gasteiger charge is -2.31. The molecule has 0 radical (unpaired) electrons. The molecule has 4 N–H and O–H groups in total. The van der Waals surface area contributed by atoms with E-state index in [9.17, 15) is 19.2 Å². The van der Waals surface area contributed by atoms with Gasteiger partial charge in [-0.15, -0.1) is 0 Å². The highest BCUT2D eigenvalue weighted by atomic mass is 16.2. The molecular weight excluding hydrogens is 398 g/mol. The molecule has 0 unspecified atom stereocenters. The quantitative estimate of drug-likeness (QED) is 0.500.